The third-order valence-electron chi connectivity index (χ3n) is 13.9. The molecule has 0 saturated heterocycles. The normalized spacial score (nSPS) is 16.4. The predicted octanol–water partition coefficient (Wildman–Crippen LogP) is 6.05. The van der Waals surface area contributed by atoms with E-state index in [4.69, 9.17) is 29.8 Å². The van der Waals surface area contributed by atoms with Crippen molar-refractivity contribution in [3.8, 4) is 23.0 Å². The lowest BCUT2D eigenvalue weighted by Gasteiger charge is -2.22. The van der Waals surface area contributed by atoms with Gasteiger partial charge in [0.2, 0.25) is 23.6 Å². The number of carbonyl (C=O) groups is 6. The maximum absolute atomic E-state index is 14.1. The van der Waals surface area contributed by atoms with Crippen LogP contribution in [0.25, 0.3) is 0 Å². The molecule has 4 aliphatic rings. The lowest BCUT2D eigenvalue weighted by molar-refractivity contribution is -0.130. The minimum Gasteiger partial charge on any atom is -0.493 e. The number of carbonyl (C=O) groups excluding carboxylic acids is 6. The predicted molar refractivity (Wildman–Crippen MR) is 289 cm³/mol. The molecule has 4 heterocycles. The Morgan fingerprint density at radius 3 is 2.00 bits per heavy atom. The van der Waals surface area contributed by atoms with E-state index in [0.29, 0.717) is 108 Å². The molecule has 0 fully saturated rings. The number of fused-ring (bicyclic) bond motifs is 8. The van der Waals surface area contributed by atoms with Gasteiger partial charge in [0.15, 0.2) is 23.0 Å². The molecule has 0 unspecified atom stereocenters. The van der Waals surface area contributed by atoms with Crippen molar-refractivity contribution in [2.45, 2.75) is 96.2 Å². The molecule has 7 N–H and O–H groups in total. The monoisotopic (exact) mass is 1050 g/mol. The molecule has 20 heteroatoms. The van der Waals surface area contributed by atoms with Crippen LogP contribution in [0.4, 0.5) is 28.4 Å². The largest absolute Gasteiger partial charge is 0.493 e. The molecule has 402 valence electrons. The van der Waals surface area contributed by atoms with Crippen LogP contribution in [0, 0.1) is 0 Å². The van der Waals surface area contributed by atoms with E-state index in [1.807, 2.05) is 59.5 Å². The number of unbranched alkanes of at least 4 members (excludes halogenated alkanes) is 1. The summed E-state index contributed by atoms with van der Waals surface area (Å²) in [5.74, 6) is 4.41. The van der Waals surface area contributed by atoms with Crippen LogP contribution >= 0.6 is 0 Å². The Kier molecular flexibility index (Phi) is 16.6. The summed E-state index contributed by atoms with van der Waals surface area (Å²) in [5.41, 5.74) is 7.37. The summed E-state index contributed by atoms with van der Waals surface area (Å²) in [6, 6.07) is 25.5. The summed E-state index contributed by atoms with van der Waals surface area (Å²) in [6.45, 7) is 4.31. The number of hydrogen-bond donors (Lipinski definition) is 6. The SMILES string of the molecule is COc1cc2c(cc1OCc1cc(COc3cc4c(cc3OC)C(=O)N3c5ccccc5C[C@H]3CN4)cc(NC(=O)[C@H](C)NC(=O)[C@H](C)NC(=O)CCCCC(=O)NCCCON)c1)N=C[C@@H]1Cc3ccccc3N1C2=O. The van der Waals surface area contributed by atoms with Gasteiger partial charge in [-0.05, 0) is 104 Å². The van der Waals surface area contributed by atoms with Gasteiger partial charge in [-0.25, -0.2) is 5.90 Å². The highest BCUT2D eigenvalue weighted by Crippen LogP contribution is 2.43. The van der Waals surface area contributed by atoms with E-state index in [1.165, 1.54) is 28.1 Å². The minimum atomic E-state index is -1.03. The van der Waals surface area contributed by atoms with Gasteiger partial charge in [0.05, 0.1) is 55.4 Å². The third kappa shape index (κ3) is 12.1. The van der Waals surface area contributed by atoms with Crippen LogP contribution in [0.2, 0.25) is 0 Å². The first-order valence-corrected chi connectivity index (χ1v) is 25.7. The maximum atomic E-state index is 14.1. The van der Waals surface area contributed by atoms with E-state index in [-0.39, 0.29) is 61.8 Å². The van der Waals surface area contributed by atoms with Crippen LogP contribution in [0.5, 0.6) is 23.0 Å². The van der Waals surface area contributed by atoms with Gasteiger partial charge in [-0.1, -0.05) is 36.4 Å². The van der Waals surface area contributed by atoms with Crippen LogP contribution in [0.3, 0.4) is 0 Å². The number of nitrogens with one attached hydrogen (secondary N) is 5. The zero-order chi connectivity index (χ0) is 54.2. The number of para-hydroxylation sites is 2. The van der Waals surface area contributed by atoms with Gasteiger partial charge in [-0.3, -0.25) is 38.7 Å². The Morgan fingerprint density at radius 1 is 0.701 bits per heavy atom. The van der Waals surface area contributed by atoms with E-state index >= 15 is 0 Å². The third-order valence-corrected chi connectivity index (χ3v) is 13.9. The molecule has 4 aliphatic heterocycles. The van der Waals surface area contributed by atoms with Crippen molar-refractivity contribution in [1.82, 2.24) is 16.0 Å². The molecule has 0 radical (unpaired) electrons. The molecule has 0 aromatic heterocycles. The molecule has 0 spiro atoms. The van der Waals surface area contributed by atoms with Crippen molar-refractivity contribution in [2.24, 2.45) is 10.9 Å². The van der Waals surface area contributed by atoms with E-state index in [0.717, 1.165) is 28.9 Å². The van der Waals surface area contributed by atoms with Gasteiger partial charge in [0.1, 0.15) is 25.3 Å². The Hall–Kier alpha value is -8.49. The molecule has 0 saturated carbocycles. The van der Waals surface area contributed by atoms with Crippen molar-refractivity contribution in [3.05, 3.63) is 124 Å². The number of nitrogens with zero attached hydrogens (tertiary/aromatic N) is 3. The average Bonchev–Trinajstić information content (AvgIpc) is 4.02. The number of hydrogen-bond acceptors (Lipinski definition) is 14. The lowest BCUT2D eigenvalue weighted by atomic mass is 10.1. The molecule has 5 aromatic carbocycles. The Morgan fingerprint density at radius 2 is 1.31 bits per heavy atom. The molecule has 6 amide bonds. The standard InChI is InChI=1S/C57H63N9O11/c1-33(62-53(68)17-10-9-16-52(67)59-18-11-19-77-58)54(69)63-34(2)55(70)64-39-21-35(31-75-50-27-44-42(25-48(50)73-3)56(71)65-40(29-60-44)23-37-12-5-7-14-46(37)65)20-36(22-39)32-76-51-28-45-43(26-49(51)74-4)57(72)66-41(30-61-45)24-38-13-6-8-15-47(38)66/h5-8,12-15,20-22,25-29,33-34,40-41,61H,9-11,16-19,23-24,30-32,58H2,1-4H3,(H,59,67)(H,62,68)(H,63,69)(H,64,70)/t33-,34-,40-,41-/m0/s1. The number of nitrogens with two attached hydrogens (primary N) is 1. The van der Waals surface area contributed by atoms with Gasteiger partial charge in [0.25, 0.3) is 11.8 Å². The molecular formula is C57H63N9O11. The highest BCUT2D eigenvalue weighted by atomic mass is 16.6. The van der Waals surface area contributed by atoms with Crippen molar-refractivity contribution in [2.75, 3.05) is 54.3 Å². The van der Waals surface area contributed by atoms with E-state index in [9.17, 15) is 28.8 Å². The second-order valence-corrected chi connectivity index (χ2v) is 19.4. The van der Waals surface area contributed by atoms with Gasteiger partial charge in [-0.15, -0.1) is 0 Å². The maximum Gasteiger partial charge on any atom is 0.261 e. The van der Waals surface area contributed by atoms with Crippen molar-refractivity contribution in [3.63, 3.8) is 0 Å². The van der Waals surface area contributed by atoms with Gasteiger partial charge < -0.3 is 55.3 Å². The molecule has 20 nitrogen and oxygen atoms in total. The van der Waals surface area contributed by atoms with Crippen molar-refractivity contribution in [1.29, 1.82) is 0 Å². The lowest BCUT2D eigenvalue weighted by Crippen LogP contribution is -2.50. The molecule has 5 aromatic rings. The second kappa shape index (κ2) is 24.0. The molecule has 9 rings (SSSR count). The minimum absolute atomic E-state index is 0.0104. The van der Waals surface area contributed by atoms with Gasteiger partial charge in [0, 0.05) is 67.8 Å². The van der Waals surface area contributed by atoms with E-state index in [1.54, 1.807) is 47.5 Å². The average molecular weight is 1050 g/mol. The van der Waals surface area contributed by atoms with E-state index in [2.05, 4.69) is 31.4 Å². The number of ether oxygens (including phenoxy) is 4. The summed E-state index contributed by atoms with van der Waals surface area (Å²) in [5, 5.41) is 14.5. The molecular weight excluding hydrogens is 987 g/mol. The number of aliphatic imine (C=N–C) groups is 1. The molecule has 0 aliphatic carbocycles. The molecule has 0 bridgehead atoms. The quantitative estimate of drug-likeness (QED) is 0.0342. The van der Waals surface area contributed by atoms with Crippen molar-refractivity contribution >= 4 is 70.1 Å². The fourth-order valence-corrected chi connectivity index (χ4v) is 10.0. The summed E-state index contributed by atoms with van der Waals surface area (Å²) >= 11 is 0. The highest BCUT2D eigenvalue weighted by molar-refractivity contribution is 6.15. The van der Waals surface area contributed by atoms with Crippen LogP contribution in [-0.4, -0.2) is 99.7 Å². The summed E-state index contributed by atoms with van der Waals surface area (Å²) in [4.78, 5) is 92.8. The first kappa shape index (κ1) is 53.3. The van der Waals surface area contributed by atoms with Crippen LogP contribution in [0.15, 0.2) is 96.0 Å². The smallest absolute Gasteiger partial charge is 0.261 e. The fraction of sp³-hybridized carbons (Fsp3) is 0.351. The Bertz CT molecular complexity index is 3110. The zero-order valence-electron chi connectivity index (χ0n) is 43.4. The number of rotatable bonds is 22. The first-order chi connectivity index (χ1) is 37.3. The van der Waals surface area contributed by atoms with Gasteiger partial charge in [-0.2, -0.15) is 0 Å². The van der Waals surface area contributed by atoms with Crippen molar-refractivity contribution < 1.29 is 52.6 Å². The summed E-state index contributed by atoms with van der Waals surface area (Å²) < 4.78 is 24.4. The zero-order valence-corrected chi connectivity index (χ0v) is 43.4. The number of benzene rings is 5. The molecule has 77 heavy (non-hydrogen) atoms. The molecule has 4 atom stereocenters. The topological polar surface area (TPSA) is 254 Å². The highest BCUT2D eigenvalue weighted by Gasteiger charge is 2.39. The fourth-order valence-electron chi connectivity index (χ4n) is 10.0. The van der Waals surface area contributed by atoms with Gasteiger partial charge >= 0.3 is 0 Å². The number of amides is 6. The number of methoxy groups -OCH3 is 2. The van der Waals surface area contributed by atoms with Crippen LogP contribution < -0.4 is 61.2 Å². The van der Waals surface area contributed by atoms with Crippen LogP contribution in [-0.2, 0) is 50.1 Å². The Labute approximate surface area is 445 Å². The van der Waals surface area contributed by atoms with E-state index < -0.39 is 23.9 Å². The summed E-state index contributed by atoms with van der Waals surface area (Å²) in [7, 11) is 3.00. The second-order valence-electron chi connectivity index (χ2n) is 19.4. The number of anilines is 4. The first-order valence-electron chi connectivity index (χ1n) is 25.7. The van der Waals surface area contributed by atoms with Crippen LogP contribution in [0.1, 0.15) is 88.9 Å². The Balaban J connectivity index is 0.895. The summed E-state index contributed by atoms with van der Waals surface area (Å²) in [6.07, 6.45) is 5.03.